The van der Waals surface area contributed by atoms with Crippen LogP contribution >= 0.6 is 0 Å². The maximum atomic E-state index is 9.00. The first-order valence-corrected chi connectivity index (χ1v) is 4.05. The summed E-state index contributed by atoms with van der Waals surface area (Å²) in [5.74, 6) is -0.833. The smallest absolute Gasteiger partial charge is 0.300 e. The third-order valence-electron chi connectivity index (χ3n) is 0.421. The van der Waals surface area contributed by atoms with Gasteiger partial charge in [0, 0.05) is 13.0 Å². The number of hydrogen-bond acceptors (Lipinski definition) is 5. The molecule has 0 aliphatic heterocycles. The van der Waals surface area contributed by atoms with Crippen LogP contribution in [-0.2, 0) is 4.79 Å². The molecule has 6 nitrogen and oxygen atoms in total. The van der Waals surface area contributed by atoms with E-state index in [1.54, 1.807) is 13.8 Å². The fraction of sp³-hybridized carbons (Fsp3) is 0.875. The summed E-state index contributed by atoms with van der Waals surface area (Å²) in [5, 5.41) is 39.5. The molecule has 0 aromatic heterocycles. The number of hydrogen-bond donors (Lipinski definition) is 5. The molecule has 0 aromatic carbocycles. The van der Waals surface area contributed by atoms with E-state index in [1.807, 2.05) is 0 Å². The van der Waals surface area contributed by atoms with Crippen molar-refractivity contribution in [2.75, 3.05) is 13.2 Å². The molecule has 0 rings (SSSR count). The summed E-state index contributed by atoms with van der Waals surface area (Å²) < 4.78 is 0. The third-order valence-corrected chi connectivity index (χ3v) is 0.421. The van der Waals surface area contributed by atoms with Crippen molar-refractivity contribution in [2.24, 2.45) is 0 Å². The Morgan fingerprint density at radius 2 is 1.29 bits per heavy atom. The maximum absolute atomic E-state index is 9.00. The minimum atomic E-state index is -0.954. The van der Waals surface area contributed by atoms with Gasteiger partial charge in [-0.3, -0.25) is 4.79 Å². The molecule has 0 fully saturated rings. The molecule has 88 valence electrons. The standard InChI is InChI=1S/C3H8O3.C3H8O.C2H4O2/c4-1-3(6)2-5;1-3(2)4;1-2(3)4/h3-6H,1-2H2;3-4H,1-2H3;1H3,(H,3,4). The predicted molar refractivity (Wildman–Crippen MR) is 50.8 cm³/mol. The first kappa shape index (κ1) is 19.0. The number of carbonyl (C=O) groups is 1. The molecule has 0 radical (unpaired) electrons. The maximum Gasteiger partial charge on any atom is 0.300 e. The molecule has 0 saturated heterocycles. The predicted octanol–water partition coefficient (Wildman–Crippen LogP) is -1.19. The van der Waals surface area contributed by atoms with Crippen molar-refractivity contribution in [3.05, 3.63) is 0 Å². The molecule has 0 amide bonds. The zero-order valence-corrected chi connectivity index (χ0v) is 8.71. The Hall–Kier alpha value is -0.690. The summed E-state index contributed by atoms with van der Waals surface area (Å²) in [5.41, 5.74) is 0. The first-order valence-electron chi connectivity index (χ1n) is 4.05. The molecule has 0 aromatic rings. The Labute approximate surface area is 83.4 Å². The summed E-state index contributed by atoms with van der Waals surface area (Å²) in [7, 11) is 0. The molecule has 5 N–H and O–H groups in total. The van der Waals surface area contributed by atoms with Crippen LogP contribution in [0.4, 0.5) is 0 Å². The van der Waals surface area contributed by atoms with Crippen LogP contribution in [0.5, 0.6) is 0 Å². The van der Waals surface area contributed by atoms with Crippen molar-refractivity contribution in [1.29, 1.82) is 0 Å². The number of carboxylic acid groups (broad SMARTS) is 1. The van der Waals surface area contributed by atoms with Crippen molar-refractivity contribution in [1.82, 2.24) is 0 Å². The third kappa shape index (κ3) is 110. The van der Waals surface area contributed by atoms with Crippen molar-refractivity contribution in [2.45, 2.75) is 33.0 Å². The zero-order chi connectivity index (χ0) is 12.1. The van der Waals surface area contributed by atoms with Crippen LogP contribution in [0, 0.1) is 0 Å². The first-order chi connectivity index (χ1) is 6.27. The Morgan fingerprint density at radius 1 is 1.14 bits per heavy atom. The highest BCUT2D eigenvalue weighted by atomic mass is 16.4. The van der Waals surface area contributed by atoms with Gasteiger partial charge in [0.15, 0.2) is 0 Å². The monoisotopic (exact) mass is 212 g/mol. The average Bonchev–Trinajstić information content (AvgIpc) is 2.01. The summed E-state index contributed by atoms with van der Waals surface area (Å²) >= 11 is 0. The highest BCUT2D eigenvalue weighted by molar-refractivity contribution is 5.62. The molecule has 0 atom stereocenters. The van der Waals surface area contributed by atoms with E-state index in [9.17, 15) is 0 Å². The van der Waals surface area contributed by atoms with E-state index >= 15 is 0 Å². The molecular formula is C8H20O6. The second-order valence-corrected chi connectivity index (χ2v) is 2.63. The normalized spacial score (nSPS) is 8.64. The van der Waals surface area contributed by atoms with Gasteiger partial charge in [0.25, 0.3) is 5.97 Å². The van der Waals surface area contributed by atoms with E-state index in [1.165, 1.54) is 0 Å². The Morgan fingerprint density at radius 3 is 1.29 bits per heavy atom. The minimum absolute atomic E-state index is 0.167. The molecule has 6 heteroatoms. The van der Waals surface area contributed by atoms with Crippen molar-refractivity contribution in [3.8, 4) is 0 Å². The highest BCUT2D eigenvalue weighted by Crippen LogP contribution is 1.71. The number of carboxylic acids is 1. The number of rotatable bonds is 2. The fourth-order valence-electron chi connectivity index (χ4n) is 0.0577. The van der Waals surface area contributed by atoms with Gasteiger partial charge in [0.05, 0.1) is 13.2 Å². The van der Waals surface area contributed by atoms with Crippen molar-refractivity contribution < 1.29 is 30.3 Å². The Kier molecular flexibility index (Phi) is 20.1. The van der Waals surface area contributed by atoms with Crippen LogP contribution in [0.2, 0.25) is 0 Å². The minimum Gasteiger partial charge on any atom is -0.481 e. The lowest BCUT2D eigenvalue weighted by atomic mass is 10.4. The number of aliphatic carboxylic acids is 1. The van der Waals surface area contributed by atoms with E-state index in [0.29, 0.717) is 0 Å². The Bertz CT molecular complexity index is 104. The van der Waals surface area contributed by atoms with Gasteiger partial charge in [0.2, 0.25) is 0 Å². The van der Waals surface area contributed by atoms with Crippen LogP contribution < -0.4 is 0 Å². The van der Waals surface area contributed by atoms with E-state index < -0.39 is 12.1 Å². The molecule has 14 heavy (non-hydrogen) atoms. The summed E-state index contributed by atoms with van der Waals surface area (Å²) in [6.07, 6.45) is -1.12. The summed E-state index contributed by atoms with van der Waals surface area (Å²) in [6, 6.07) is 0. The van der Waals surface area contributed by atoms with Crippen LogP contribution in [-0.4, -0.2) is 56.9 Å². The molecule has 0 aliphatic rings. The molecular weight excluding hydrogens is 192 g/mol. The van der Waals surface area contributed by atoms with E-state index in [0.717, 1.165) is 6.92 Å². The molecule has 0 heterocycles. The lowest BCUT2D eigenvalue weighted by Gasteiger charge is -1.96. The van der Waals surface area contributed by atoms with Gasteiger partial charge in [0.1, 0.15) is 6.10 Å². The Balaban J connectivity index is -0.000000135. The molecule has 0 bridgehead atoms. The van der Waals surface area contributed by atoms with Crippen LogP contribution in [0.15, 0.2) is 0 Å². The van der Waals surface area contributed by atoms with Gasteiger partial charge in [-0.15, -0.1) is 0 Å². The lowest BCUT2D eigenvalue weighted by molar-refractivity contribution is -0.134. The molecule has 0 saturated carbocycles. The van der Waals surface area contributed by atoms with Crippen LogP contribution in [0.3, 0.4) is 0 Å². The second kappa shape index (κ2) is 14.8. The SMILES string of the molecule is CC(=O)O.CC(C)O.OCC(O)CO. The van der Waals surface area contributed by atoms with E-state index in [2.05, 4.69) is 0 Å². The van der Waals surface area contributed by atoms with Crippen molar-refractivity contribution in [3.63, 3.8) is 0 Å². The van der Waals surface area contributed by atoms with Gasteiger partial charge in [-0.25, -0.2) is 0 Å². The van der Waals surface area contributed by atoms with E-state index in [4.69, 9.17) is 30.3 Å². The zero-order valence-electron chi connectivity index (χ0n) is 8.71. The molecule has 0 unspecified atom stereocenters. The second-order valence-electron chi connectivity index (χ2n) is 2.63. The van der Waals surface area contributed by atoms with Gasteiger partial charge in [-0.2, -0.15) is 0 Å². The number of aliphatic hydroxyl groups is 4. The van der Waals surface area contributed by atoms with Gasteiger partial charge >= 0.3 is 0 Å². The van der Waals surface area contributed by atoms with Crippen molar-refractivity contribution >= 4 is 5.97 Å². The number of aliphatic hydroxyl groups excluding tert-OH is 4. The van der Waals surface area contributed by atoms with Crippen LogP contribution in [0.1, 0.15) is 20.8 Å². The molecule has 0 aliphatic carbocycles. The summed E-state index contributed by atoms with van der Waals surface area (Å²) in [4.78, 5) is 9.00. The lowest BCUT2D eigenvalue weighted by Crippen LogP contribution is -2.15. The summed E-state index contributed by atoms with van der Waals surface area (Å²) in [6.45, 7) is 3.80. The van der Waals surface area contributed by atoms with Crippen LogP contribution in [0.25, 0.3) is 0 Å². The quantitative estimate of drug-likeness (QED) is 0.393. The molecule has 0 spiro atoms. The van der Waals surface area contributed by atoms with E-state index in [-0.39, 0.29) is 19.3 Å². The highest BCUT2D eigenvalue weighted by Gasteiger charge is 1.93. The topological polar surface area (TPSA) is 118 Å². The van der Waals surface area contributed by atoms with Gasteiger partial charge < -0.3 is 25.5 Å². The van der Waals surface area contributed by atoms with Gasteiger partial charge in [-0.1, -0.05) is 0 Å². The average molecular weight is 212 g/mol. The van der Waals surface area contributed by atoms with Gasteiger partial charge in [-0.05, 0) is 13.8 Å². The largest absolute Gasteiger partial charge is 0.481 e. The fourth-order valence-corrected chi connectivity index (χ4v) is 0.0577.